The molecule has 0 aliphatic heterocycles. The van der Waals surface area contributed by atoms with Crippen molar-refractivity contribution in [3.05, 3.63) is 50.3 Å². The molecule has 0 spiro atoms. The summed E-state index contributed by atoms with van der Waals surface area (Å²) in [5, 5.41) is 6.06. The van der Waals surface area contributed by atoms with E-state index in [-0.39, 0.29) is 17.1 Å². The van der Waals surface area contributed by atoms with Crippen LogP contribution in [0.2, 0.25) is 0 Å². The molecule has 2 aromatic carbocycles. The van der Waals surface area contributed by atoms with E-state index in [1.165, 1.54) is 7.11 Å². The van der Waals surface area contributed by atoms with Crippen molar-refractivity contribution in [1.82, 2.24) is 0 Å². The largest absolute Gasteiger partial charge is 0.465 e. The van der Waals surface area contributed by atoms with Gasteiger partial charge < -0.3 is 15.4 Å². The Balaban J connectivity index is 2.19. The minimum absolute atomic E-state index is 0.0167. The van der Waals surface area contributed by atoms with Gasteiger partial charge >= 0.3 is 5.97 Å². The Hall–Kier alpha value is -2.63. The summed E-state index contributed by atoms with van der Waals surface area (Å²) in [7, 11) is 1.31. The van der Waals surface area contributed by atoms with E-state index < -0.39 is 16.8 Å². The Bertz CT molecular complexity index is 809. The Labute approximate surface area is 140 Å². The maximum absolute atomic E-state index is 11.8. The van der Waals surface area contributed by atoms with Crippen molar-refractivity contribution < 1.29 is 9.53 Å². The van der Waals surface area contributed by atoms with Gasteiger partial charge in [0.05, 0.1) is 12.7 Å². The molecule has 0 saturated carbocycles. The van der Waals surface area contributed by atoms with Gasteiger partial charge in [0, 0.05) is 11.7 Å². The lowest BCUT2D eigenvalue weighted by molar-refractivity contribution is 0.0601. The van der Waals surface area contributed by atoms with Gasteiger partial charge in [0.15, 0.2) is 0 Å². The van der Waals surface area contributed by atoms with Crippen LogP contribution in [0.1, 0.15) is 38.1 Å². The summed E-state index contributed by atoms with van der Waals surface area (Å²) in [4.78, 5) is 35.1. The lowest BCUT2D eigenvalue weighted by Gasteiger charge is -2.30. The van der Waals surface area contributed by atoms with Crippen LogP contribution in [0.4, 0.5) is 17.1 Å². The van der Waals surface area contributed by atoms with Crippen LogP contribution in [0.5, 0.6) is 0 Å². The number of rotatable bonds is 5. The number of anilines is 3. The fourth-order valence-electron chi connectivity index (χ4n) is 2.03. The smallest absolute Gasteiger partial charge is 0.337 e. The second-order valence-corrected chi connectivity index (χ2v) is 6.83. The molecule has 0 bridgehead atoms. The van der Waals surface area contributed by atoms with Crippen molar-refractivity contribution in [3.8, 4) is 0 Å². The van der Waals surface area contributed by atoms with E-state index in [1.54, 1.807) is 24.3 Å². The van der Waals surface area contributed by atoms with Crippen molar-refractivity contribution >= 4 is 23.0 Å². The van der Waals surface area contributed by atoms with Gasteiger partial charge in [0.1, 0.15) is 11.4 Å². The third kappa shape index (κ3) is 3.48. The molecule has 2 N–H and O–H groups in total. The van der Waals surface area contributed by atoms with Crippen LogP contribution < -0.4 is 21.5 Å². The maximum atomic E-state index is 11.8. The second kappa shape index (κ2) is 6.47. The van der Waals surface area contributed by atoms with Crippen molar-refractivity contribution in [1.29, 1.82) is 0 Å². The van der Waals surface area contributed by atoms with Crippen LogP contribution in [0.15, 0.2) is 33.9 Å². The molecule has 6 nitrogen and oxygen atoms in total. The third-order valence-corrected chi connectivity index (χ3v) is 4.15. The molecule has 0 aromatic heterocycles. The fraction of sp³-hybridized carbons (Fsp3) is 0.389. The molecule has 2 rings (SSSR count). The predicted octanol–water partition coefficient (Wildman–Crippen LogP) is 2.66. The predicted molar refractivity (Wildman–Crippen MR) is 95.0 cm³/mol. The number of benzene rings is 1. The number of nitrogens with one attached hydrogen (secondary N) is 2. The Kier molecular flexibility index (Phi) is 4.78. The first-order valence-electron chi connectivity index (χ1n) is 7.70. The minimum Gasteiger partial charge on any atom is -0.465 e. The third-order valence-electron chi connectivity index (χ3n) is 4.15. The number of carbonyl (C=O) groups excluding carboxylic acids is 1. The van der Waals surface area contributed by atoms with E-state index in [1.807, 2.05) is 6.92 Å². The SMILES string of the molecule is COC(=O)c1ccc(Nc2c(N[C@H](C)C(C)(C)C)c(=O)c2=O)cc1. The van der Waals surface area contributed by atoms with Crippen LogP contribution in [-0.2, 0) is 4.74 Å². The molecule has 0 fully saturated rings. The average molecular weight is 330 g/mol. The molecule has 6 heteroatoms. The van der Waals surface area contributed by atoms with Crippen LogP contribution in [0.25, 0.3) is 0 Å². The maximum Gasteiger partial charge on any atom is 0.337 e. The van der Waals surface area contributed by atoms with E-state index in [9.17, 15) is 14.4 Å². The van der Waals surface area contributed by atoms with Gasteiger partial charge in [0.25, 0.3) is 10.9 Å². The van der Waals surface area contributed by atoms with E-state index in [0.29, 0.717) is 16.9 Å². The van der Waals surface area contributed by atoms with Crippen LogP contribution in [-0.4, -0.2) is 19.1 Å². The molecule has 0 unspecified atom stereocenters. The summed E-state index contributed by atoms with van der Waals surface area (Å²) in [6.07, 6.45) is 0. The number of methoxy groups -OCH3 is 1. The van der Waals surface area contributed by atoms with Gasteiger partial charge in [-0.25, -0.2) is 4.79 Å². The first-order chi connectivity index (χ1) is 11.1. The highest BCUT2D eigenvalue weighted by molar-refractivity contribution is 5.90. The van der Waals surface area contributed by atoms with Gasteiger partial charge in [-0.2, -0.15) is 0 Å². The Morgan fingerprint density at radius 2 is 1.58 bits per heavy atom. The van der Waals surface area contributed by atoms with Gasteiger partial charge in [0.2, 0.25) is 0 Å². The Morgan fingerprint density at radius 1 is 1.04 bits per heavy atom. The molecule has 128 valence electrons. The lowest BCUT2D eigenvalue weighted by atomic mass is 9.87. The van der Waals surface area contributed by atoms with Gasteiger partial charge in [-0.1, -0.05) is 20.8 Å². The van der Waals surface area contributed by atoms with Crippen molar-refractivity contribution in [2.24, 2.45) is 5.41 Å². The number of carbonyl (C=O) groups is 1. The zero-order chi connectivity index (χ0) is 18.1. The molecule has 24 heavy (non-hydrogen) atoms. The topological polar surface area (TPSA) is 84.5 Å². The quantitative estimate of drug-likeness (QED) is 0.648. The molecule has 1 atom stereocenters. The minimum atomic E-state index is -0.546. The fourth-order valence-corrected chi connectivity index (χ4v) is 2.03. The summed E-state index contributed by atoms with van der Waals surface area (Å²) >= 11 is 0. The van der Waals surface area contributed by atoms with E-state index >= 15 is 0 Å². The first-order valence-corrected chi connectivity index (χ1v) is 7.70. The van der Waals surface area contributed by atoms with E-state index in [2.05, 4.69) is 36.1 Å². The first kappa shape index (κ1) is 17.7. The Morgan fingerprint density at radius 3 is 2.08 bits per heavy atom. The van der Waals surface area contributed by atoms with Gasteiger partial charge in [-0.15, -0.1) is 0 Å². The number of esters is 1. The molecule has 0 amide bonds. The number of hydrogen-bond acceptors (Lipinski definition) is 6. The van der Waals surface area contributed by atoms with Crippen molar-refractivity contribution in [3.63, 3.8) is 0 Å². The molecule has 0 aliphatic carbocycles. The zero-order valence-corrected chi connectivity index (χ0v) is 14.5. The van der Waals surface area contributed by atoms with E-state index in [4.69, 9.17) is 0 Å². The molecule has 0 saturated heterocycles. The zero-order valence-electron chi connectivity index (χ0n) is 14.5. The summed E-state index contributed by atoms with van der Waals surface area (Å²) < 4.78 is 4.64. The monoisotopic (exact) mass is 330 g/mol. The van der Waals surface area contributed by atoms with Crippen molar-refractivity contribution in [2.75, 3.05) is 17.7 Å². The van der Waals surface area contributed by atoms with Crippen LogP contribution in [0, 0.1) is 5.41 Å². The summed E-state index contributed by atoms with van der Waals surface area (Å²) in [5.74, 6) is -0.433. The lowest BCUT2D eigenvalue weighted by Crippen LogP contribution is -2.41. The van der Waals surface area contributed by atoms with E-state index in [0.717, 1.165) is 0 Å². The summed E-state index contributed by atoms with van der Waals surface area (Å²) in [6.45, 7) is 8.12. The second-order valence-electron chi connectivity index (χ2n) is 6.83. The van der Waals surface area contributed by atoms with Crippen molar-refractivity contribution in [2.45, 2.75) is 33.7 Å². The molecular weight excluding hydrogens is 308 g/mol. The van der Waals surface area contributed by atoms with Gasteiger partial charge in [-0.3, -0.25) is 9.59 Å². The molecule has 0 heterocycles. The molecule has 0 aliphatic rings. The normalized spacial score (nSPS) is 12.7. The number of hydrogen-bond donors (Lipinski definition) is 2. The molecule has 2 aromatic rings. The standard InChI is InChI=1S/C18H22N2O4/c1-10(18(2,3)4)19-13-14(16(22)15(13)21)20-12-8-6-11(7-9-12)17(23)24-5/h6-10,19-20H,1-5H3/t10-/m1/s1. The summed E-state index contributed by atoms with van der Waals surface area (Å²) in [6, 6.07) is 6.50. The number of ether oxygens (including phenoxy) is 1. The van der Waals surface area contributed by atoms with Crippen LogP contribution >= 0.6 is 0 Å². The molecule has 0 radical (unpaired) electrons. The van der Waals surface area contributed by atoms with Gasteiger partial charge in [-0.05, 0) is 36.6 Å². The highest BCUT2D eigenvalue weighted by Gasteiger charge is 2.26. The van der Waals surface area contributed by atoms with Crippen LogP contribution in [0.3, 0.4) is 0 Å². The molecular formula is C18H22N2O4. The highest BCUT2D eigenvalue weighted by atomic mass is 16.5. The highest BCUT2D eigenvalue weighted by Crippen LogP contribution is 2.26. The average Bonchev–Trinajstić information content (AvgIpc) is 2.56. The summed E-state index contributed by atoms with van der Waals surface area (Å²) in [5.41, 5.74) is 0.463.